The van der Waals surface area contributed by atoms with Crippen molar-refractivity contribution in [3.63, 3.8) is 0 Å². The van der Waals surface area contributed by atoms with Gasteiger partial charge in [0.25, 0.3) is 0 Å². The summed E-state index contributed by atoms with van der Waals surface area (Å²) in [5.74, 6) is 1.20. The summed E-state index contributed by atoms with van der Waals surface area (Å²) in [6, 6.07) is 3.77. The van der Waals surface area contributed by atoms with E-state index >= 15 is 0 Å². The number of nitrogens with zero attached hydrogens (tertiary/aromatic N) is 1. The van der Waals surface area contributed by atoms with Crippen molar-refractivity contribution in [2.45, 2.75) is 19.9 Å². The topological polar surface area (TPSA) is 52.0 Å². The van der Waals surface area contributed by atoms with E-state index in [4.69, 9.17) is 10.2 Å². The van der Waals surface area contributed by atoms with E-state index in [-0.39, 0.29) is 6.04 Å². The monoisotopic (exact) mass is 222 g/mol. The molecule has 4 heteroatoms. The predicted octanol–water partition coefficient (Wildman–Crippen LogP) is 3.06. The molecule has 0 aromatic carbocycles. The van der Waals surface area contributed by atoms with E-state index in [0.29, 0.717) is 5.92 Å². The molecule has 2 N–H and O–H groups in total. The van der Waals surface area contributed by atoms with Gasteiger partial charge in [-0.2, -0.15) is 0 Å². The lowest BCUT2D eigenvalue weighted by molar-refractivity contribution is 0.511. The molecule has 0 radical (unpaired) electrons. The molecule has 0 spiro atoms. The second kappa shape index (κ2) is 4.16. The van der Waals surface area contributed by atoms with Crippen molar-refractivity contribution < 1.29 is 4.42 Å². The Kier molecular flexibility index (Phi) is 2.88. The lowest BCUT2D eigenvalue weighted by atomic mass is 10.1. The van der Waals surface area contributed by atoms with Crippen molar-refractivity contribution in [1.82, 2.24) is 4.98 Å². The van der Waals surface area contributed by atoms with Gasteiger partial charge < -0.3 is 10.2 Å². The first kappa shape index (κ1) is 10.4. The summed E-state index contributed by atoms with van der Waals surface area (Å²) in [7, 11) is 0. The fraction of sp³-hybridized carbons (Fsp3) is 0.364. The van der Waals surface area contributed by atoms with E-state index < -0.39 is 0 Å². The van der Waals surface area contributed by atoms with Gasteiger partial charge in [0.1, 0.15) is 10.7 Å². The third-order valence-electron chi connectivity index (χ3n) is 2.30. The first-order chi connectivity index (χ1) is 7.18. The van der Waals surface area contributed by atoms with Crippen molar-refractivity contribution in [1.29, 1.82) is 0 Å². The molecule has 1 unspecified atom stereocenters. The third kappa shape index (κ3) is 2.11. The highest BCUT2D eigenvalue weighted by molar-refractivity contribution is 7.10. The van der Waals surface area contributed by atoms with Crippen LogP contribution in [-0.4, -0.2) is 4.98 Å². The standard InChI is InChI=1S/C11H14N2OS/c1-7(2)10(12)11-13-8(6-15-11)9-4-3-5-14-9/h3-7,10H,12H2,1-2H3. The lowest BCUT2D eigenvalue weighted by Crippen LogP contribution is -2.16. The summed E-state index contributed by atoms with van der Waals surface area (Å²) in [5, 5.41) is 2.95. The second-order valence-corrected chi connectivity index (χ2v) is 4.71. The second-order valence-electron chi connectivity index (χ2n) is 3.82. The number of hydrogen-bond acceptors (Lipinski definition) is 4. The molecule has 0 aliphatic heterocycles. The zero-order valence-electron chi connectivity index (χ0n) is 8.81. The number of thiazole rings is 1. The summed E-state index contributed by atoms with van der Waals surface area (Å²) in [6.07, 6.45) is 1.65. The van der Waals surface area contributed by atoms with Gasteiger partial charge in [-0.1, -0.05) is 13.8 Å². The number of nitrogens with two attached hydrogens (primary N) is 1. The van der Waals surface area contributed by atoms with Gasteiger partial charge in [0.05, 0.1) is 12.3 Å². The molecule has 0 amide bonds. The summed E-state index contributed by atoms with van der Waals surface area (Å²) in [6.45, 7) is 4.19. The van der Waals surface area contributed by atoms with Crippen molar-refractivity contribution in [2.75, 3.05) is 0 Å². The van der Waals surface area contributed by atoms with Crippen molar-refractivity contribution >= 4 is 11.3 Å². The quantitative estimate of drug-likeness (QED) is 0.868. The number of aromatic nitrogens is 1. The van der Waals surface area contributed by atoms with Gasteiger partial charge in [-0.25, -0.2) is 4.98 Å². The van der Waals surface area contributed by atoms with E-state index in [9.17, 15) is 0 Å². The van der Waals surface area contributed by atoms with E-state index in [1.54, 1.807) is 17.6 Å². The minimum atomic E-state index is 0.0127. The Morgan fingerprint density at radius 2 is 2.27 bits per heavy atom. The normalized spacial score (nSPS) is 13.3. The Balaban J connectivity index is 2.25. The summed E-state index contributed by atoms with van der Waals surface area (Å²) >= 11 is 1.59. The van der Waals surface area contributed by atoms with Crippen molar-refractivity contribution in [3.05, 3.63) is 28.8 Å². The molecule has 3 nitrogen and oxygen atoms in total. The van der Waals surface area contributed by atoms with Gasteiger partial charge in [0, 0.05) is 5.38 Å². The average Bonchev–Trinajstić information content (AvgIpc) is 2.86. The Bertz CT molecular complexity index is 419. The van der Waals surface area contributed by atoms with Crippen molar-refractivity contribution in [3.8, 4) is 11.5 Å². The maximum atomic E-state index is 6.02. The molecular formula is C11H14N2OS. The molecule has 15 heavy (non-hydrogen) atoms. The fourth-order valence-corrected chi connectivity index (χ4v) is 2.24. The molecule has 1 atom stereocenters. The maximum Gasteiger partial charge on any atom is 0.153 e. The molecule has 2 aromatic heterocycles. The SMILES string of the molecule is CC(C)C(N)c1nc(-c2ccco2)cs1. The third-order valence-corrected chi connectivity index (χ3v) is 3.25. The highest BCUT2D eigenvalue weighted by Gasteiger charge is 2.15. The molecule has 2 aromatic rings. The van der Waals surface area contributed by atoms with Gasteiger partial charge in [0.2, 0.25) is 0 Å². The minimum absolute atomic E-state index is 0.0127. The first-order valence-corrected chi connectivity index (χ1v) is 5.81. The van der Waals surface area contributed by atoms with Gasteiger partial charge >= 0.3 is 0 Å². The summed E-state index contributed by atoms with van der Waals surface area (Å²) in [4.78, 5) is 4.47. The maximum absolute atomic E-state index is 6.02. The zero-order valence-corrected chi connectivity index (χ0v) is 9.62. The Labute approximate surface area is 92.9 Å². The Hall–Kier alpha value is -1.13. The van der Waals surface area contributed by atoms with Gasteiger partial charge in [-0.3, -0.25) is 0 Å². The molecule has 80 valence electrons. The predicted molar refractivity (Wildman–Crippen MR) is 61.6 cm³/mol. The van der Waals surface area contributed by atoms with Crippen LogP contribution in [0.3, 0.4) is 0 Å². The minimum Gasteiger partial charge on any atom is -0.463 e. The first-order valence-electron chi connectivity index (χ1n) is 4.93. The van der Waals surface area contributed by atoms with E-state index in [0.717, 1.165) is 16.5 Å². The van der Waals surface area contributed by atoms with Crippen LogP contribution in [-0.2, 0) is 0 Å². The molecule has 2 rings (SSSR count). The van der Waals surface area contributed by atoms with E-state index in [1.165, 1.54) is 0 Å². The van der Waals surface area contributed by atoms with E-state index in [2.05, 4.69) is 18.8 Å². The van der Waals surface area contributed by atoms with Crippen LogP contribution in [0.15, 0.2) is 28.2 Å². The van der Waals surface area contributed by atoms with Crippen LogP contribution in [0.2, 0.25) is 0 Å². The number of hydrogen-bond donors (Lipinski definition) is 1. The number of furan rings is 1. The van der Waals surface area contributed by atoms with Crippen LogP contribution in [0.1, 0.15) is 24.9 Å². The molecular weight excluding hydrogens is 208 g/mol. The molecule has 0 fully saturated rings. The smallest absolute Gasteiger partial charge is 0.153 e. The van der Waals surface area contributed by atoms with Crippen LogP contribution in [0.25, 0.3) is 11.5 Å². The molecule has 2 heterocycles. The van der Waals surface area contributed by atoms with Crippen LogP contribution < -0.4 is 5.73 Å². The largest absolute Gasteiger partial charge is 0.463 e. The molecule has 0 saturated carbocycles. The van der Waals surface area contributed by atoms with Crippen LogP contribution in [0.4, 0.5) is 0 Å². The summed E-state index contributed by atoms with van der Waals surface area (Å²) < 4.78 is 5.28. The van der Waals surface area contributed by atoms with Gasteiger partial charge in [0.15, 0.2) is 5.76 Å². The highest BCUT2D eigenvalue weighted by Crippen LogP contribution is 2.27. The van der Waals surface area contributed by atoms with Crippen LogP contribution in [0, 0.1) is 5.92 Å². The zero-order chi connectivity index (χ0) is 10.8. The fourth-order valence-electron chi connectivity index (χ4n) is 1.26. The number of rotatable bonds is 3. The molecule has 0 saturated heterocycles. The molecule has 0 bridgehead atoms. The summed E-state index contributed by atoms with van der Waals surface area (Å²) in [5.41, 5.74) is 6.89. The van der Waals surface area contributed by atoms with E-state index in [1.807, 2.05) is 17.5 Å². The highest BCUT2D eigenvalue weighted by atomic mass is 32.1. The van der Waals surface area contributed by atoms with Crippen LogP contribution >= 0.6 is 11.3 Å². The van der Waals surface area contributed by atoms with Crippen LogP contribution in [0.5, 0.6) is 0 Å². The molecule has 0 aliphatic carbocycles. The Morgan fingerprint density at radius 3 is 2.87 bits per heavy atom. The van der Waals surface area contributed by atoms with Gasteiger partial charge in [-0.15, -0.1) is 11.3 Å². The van der Waals surface area contributed by atoms with Gasteiger partial charge in [-0.05, 0) is 18.1 Å². The lowest BCUT2D eigenvalue weighted by Gasteiger charge is -2.11. The Morgan fingerprint density at radius 1 is 1.47 bits per heavy atom. The average molecular weight is 222 g/mol. The molecule has 0 aliphatic rings. The van der Waals surface area contributed by atoms with Crippen molar-refractivity contribution in [2.24, 2.45) is 11.7 Å².